The highest BCUT2D eigenvalue weighted by Crippen LogP contribution is 2.23. The standard InChI is InChI=1S/C21H23N7O/c1-15-5-3-6-16(2)19(15)24-18-8-7-17(25-26-18)20(29)27-11-13-28(14-12-27)21-22-9-4-10-23-21/h3-10H,11-14H2,1-2H3,(H,24,26). The lowest BCUT2D eigenvalue weighted by molar-refractivity contribution is 0.0739. The summed E-state index contributed by atoms with van der Waals surface area (Å²) in [6.45, 7) is 6.66. The molecular weight excluding hydrogens is 366 g/mol. The van der Waals surface area contributed by atoms with Crippen LogP contribution in [0, 0.1) is 13.8 Å². The van der Waals surface area contributed by atoms with Crippen LogP contribution in [0.25, 0.3) is 0 Å². The van der Waals surface area contributed by atoms with Crippen LogP contribution >= 0.6 is 0 Å². The molecule has 8 heteroatoms. The van der Waals surface area contributed by atoms with Gasteiger partial charge in [-0.1, -0.05) is 18.2 Å². The van der Waals surface area contributed by atoms with Crippen LogP contribution in [-0.4, -0.2) is 57.2 Å². The Kier molecular flexibility index (Phi) is 5.33. The SMILES string of the molecule is Cc1cccc(C)c1Nc1ccc(C(=O)N2CCN(c3ncccn3)CC2)nn1. The average Bonchev–Trinajstić information content (AvgIpc) is 2.77. The van der Waals surface area contributed by atoms with Gasteiger partial charge < -0.3 is 15.1 Å². The van der Waals surface area contributed by atoms with E-state index in [1.54, 1.807) is 35.5 Å². The van der Waals surface area contributed by atoms with Gasteiger partial charge in [-0.15, -0.1) is 10.2 Å². The van der Waals surface area contributed by atoms with Crippen LogP contribution in [0.2, 0.25) is 0 Å². The number of benzene rings is 1. The number of hydrogen-bond acceptors (Lipinski definition) is 7. The van der Waals surface area contributed by atoms with E-state index in [2.05, 4.69) is 30.4 Å². The molecule has 1 aromatic carbocycles. The number of carbonyl (C=O) groups is 1. The summed E-state index contributed by atoms with van der Waals surface area (Å²) in [4.78, 5) is 25.2. The first kappa shape index (κ1) is 18.8. The Morgan fingerprint density at radius 2 is 1.59 bits per heavy atom. The Bertz CT molecular complexity index is 963. The van der Waals surface area contributed by atoms with E-state index in [0.717, 1.165) is 16.8 Å². The van der Waals surface area contributed by atoms with E-state index >= 15 is 0 Å². The summed E-state index contributed by atoms with van der Waals surface area (Å²) >= 11 is 0. The average molecular weight is 389 g/mol. The number of rotatable bonds is 4. The predicted octanol–water partition coefficient (Wildman–Crippen LogP) is 2.59. The molecule has 0 aliphatic carbocycles. The van der Waals surface area contributed by atoms with Crippen molar-refractivity contribution in [2.75, 3.05) is 36.4 Å². The maximum Gasteiger partial charge on any atom is 0.274 e. The van der Waals surface area contributed by atoms with Gasteiger partial charge in [0, 0.05) is 44.3 Å². The van der Waals surface area contributed by atoms with E-state index in [0.29, 0.717) is 43.6 Å². The molecular formula is C21H23N7O. The van der Waals surface area contributed by atoms with Crippen LogP contribution < -0.4 is 10.2 Å². The van der Waals surface area contributed by atoms with Crippen molar-refractivity contribution in [3.8, 4) is 0 Å². The van der Waals surface area contributed by atoms with Crippen molar-refractivity contribution in [2.45, 2.75) is 13.8 Å². The van der Waals surface area contributed by atoms with Crippen LogP contribution in [0.3, 0.4) is 0 Å². The van der Waals surface area contributed by atoms with Crippen LogP contribution in [0.1, 0.15) is 21.6 Å². The normalized spacial score (nSPS) is 14.0. The molecule has 0 saturated carbocycles. The lowest BCUT2D eigenvalue weighted by atomic mass is 10.1. The molecule has 1 aliphatic rings. The fourth-order valence-electron chi connectivity index (χ4n) is 3.38. The first-order valence-electron chi connectivity index (χ1n) is 9.60. The molecule has 1 aliphatic heterocycles. The van der Waals surface area contributed by atoms with E-state index in [1.807, 2.05) is 32.0 Å². The van der Waals surface area contributed by atoms with Crippen molar-refractivity contribution in [2.24, 2.45) is 0 Å². The largest absolute Gasteiger partial charge is 0.338 e. The summed E-state index contributed by atoms with van der Waals surface area (Å²) in [5.41, 5.74) is 3.63. The third kappa shape index (κ3) is 4.16. The molecule has 1 saturated heterocycles. The summed E-state index contributed by atoms with van der Waals surface area (Å²) in [6.07, 6.45) is 3.45. The number of anilines is 3. The Hall–Kier alpha value is -3.55. The number of amides is 1. The summed E-state index contributed by atoms with van der Waals surface area (Å²) < 4.78 is 0. The number of piperazine rings is 1. The smallest absolute Gasteiger partial charge is 0.274 e. The molecule has 2 aromatic heterocycles. The molecule has 8 nitrogen and oxygen atoms in total. The summed E-state index contributed by atoms with van der Waals surface area (Å²) in [5, 5.41) is 11.6. The Balaban J connectivity index is 1.39. The molecule has 1 N–H and O–H groups in total. The Labute approximate surface area is 169 Å². The minimum atomic E-state index is -0.107. The van der Waals surface area contributed by atoms with Gasteiger partial charge in [0.1, 0.15) is 0 Å². The molecule has 0 spiro atoms. The van der Waals surface area contributed by atoms with Gasteiger partial charge in [0.15, 0.2) is 11.5 Å². The highest BCUT2D eigenvalue weighted by atomic mass is 16.2. The van der Waals surface area contributed by atoms with Crippen molar-refractivity contribution < 1.29 is 4.79 Å². The van der Waals surface area contributed by atoms with Gasteiger partial charge in [0.05, 0.1) is 0 Å². The van der Waals surface area contributed by atoms with Crippen molar-refractivity contribution in [3.05, 3.63) is 65.6 Å². The number of hydrogen-bond donors (Lipinski definition) is 1. The molecule has 0 unspecified atom stereocenters. The number of aromatic nitrogens is 4. The zero-order valence-corrected chi connectivity index (χ0v) is 16.5. The number of carbonyl (C=O) groups excluding carboxylic acids is 1. The molecule has 4 rings (SSSR count). The topological polar surface area (TPSA) is 87.1 Å². The minimum Gasteiger partial charge on any atom is -0.338 e. The zero-order chi connectivity index (χ0) is 20.2. The Morgan fingerprint density at radius 3 is 2.21 bits per heavy atom. The summed E-state index contributed by atoms with van der Waals surface area (Å²) in [6, 6.07) is 11.4. The zero-order valence-electron chi connectivity index (χ0n) is 16.5. The van der Waals surface area contributed by atoms with E-state index in [9.17, 15) is 4.79 Å². The first-order valence-corrected chi connectivity index (χ1v) is 9.60. The van der Waals surface area contributed by atoms with E-state index < -0.39 is 0 Å². The summed E-state index contributed by atoms with van der Waals surface area (Å²) in [5.74, 6) is 1.20. The fourth-order valence-corrected chi connectivity index (χ4v) is 3.38. The highest BCUT2D eigenvalue weighted by molar-refractivity contribution is 5.92. The second-order valence-electron chi connectivity index (χ2n) is 7.02. The monoisotopic (exact) mass is 389 g/mol. The third-order valence-electron chi connectivity index (χ3n) is 5.02. The van der Waals surface area contributed by atoms with Gasteiger partial charge in [-0.25, -0.2) is 9.97 Å². The van der Waals surface area contributed by atoms with Crippen LogP contribution in [-0.2, 0) is 0 Å². The van der Waals surface area contributed by atoms with Gasteiger partial charge >= 0.3 is 0 Å². The number of nitrogens with one attached hydrogen (secondary N) is 1. The van der Waals surface area contributed by atoms with Gasteiger partial charge in [0.2, 0.25) is 5.95 Å². The van der Waals surface area contributed by atoms with Crippen molar-refractivity contribution in [1.29, 1.82) is 0 Å². The van der Waals surface area contributed by atoms with Crippen molar-refractivity contribution in [3.63, 3.8) is 0 Å². The lowest BCUT2D eigenvalue weighted by Gasteiger charge is -2.34. The van der Waals surface area contributed by atoms with Crippen LogP contribution in [0.4, 0.5) is 17.5 Å². The number of aryl methyl sites for hydroxylation is 2. The maximum absolute atomic E-state index is 12.8. The second kappa shape index (κ2) is 8.22. The predicted molar refractivity (Wildman–Crippen MR) is 111 cm³/mol. The van der Waals surface area contributed by atoms with E-state index in [4.69, 9.17) is 0 Å². The lowest BCUT2D eigenvalue weighted by Crippen LogP contribution is -2.49. The molecule has 148 valence electrons. The van der Waals surface area contributed by atoms with Gasteiger partial charge in [-0.3, -0.25) is 4.79 Å². The molecule has 29 heavy (non-hydrogen) atoms. The summed E-state index contributed by atoms with van der Waals surface area (Å²) in [7, 11) is 0. The molecule has 3 heterocycles. The van der Waals surface area contributed by atoms with Crippen molar-refractivity contribution >= 4 is 23.4 Å². The van der Waals surface area contributed by atoms with Gasteiger partial charge in [-0.05, 0) is 43.2 Å². The molecule has 3 aromatic rings. The first-order chi connectivity index (χ1) is 14.1. The quantitative estimate of drug-likeness (QED) is 0.734. The molecule has 1 amide bonds. The van der Waals surface area contributed by atoms with Crippen molar-refractivity contribution in [1.82, 2.24) is 25.1 Å². The number of nitrogens with zero attached hydrogens (tertiary/aromatic N) is 6. The van der Waals surface area contributed by atoms with E-state index in [1.165, 1.54) is 0 Å². The molecule has 0 atom stereocenters. The number of para-hydroxylation sites is 1. The molecule has 0 bridgehead atoms. The fraction of sp³-hybridized carbons (Fsp3) is 0.286. The second-order valence-corrected chi connectivity index (χ2v) is 7.02. The minimum absolute atomic E-state index is 0.107. The van der Waals surface area contributed by atoms with Crippen LogP contribution in [0.15, 0.2) is 48.8 Å². The van der Waals surface area contributed by atoms with Gasteiger partial charge in [0.25, 0.3) is 5.91 Å². The maximum atomic E-state index is 12.8. The van der Waals surface area contributed by atoms with Gasteiger partial charge in [-0.2, -0.15) is 0 Å². The molecule has 1 fully saturated rings. The molecule has 0 radical (unpaired) electrons. The Morgan fingerprint density at radius 1 is 0.897 bits per heavy atom. The van der Waals surface area contributed by atoms with Crippen LogP contribution in [0.5, 0.6) is 0 Å². The third-order valence-corrected chi connectivity index (χ3v) is 5.02. The highest BCUT2D eigenvalue weighted by Gasteiger charge is 2.24. The van der Waals surface area contributed by atoms with E-state index in [-0.39, 0.29) is 5.91 Å².